The van der Waals surface area contributed by atoms with Crippen molar-refractivity contribution >= 4 is 35.6 Å². The Bertz CT molecular complexity index is 684. The van der Waals surface area contributed by atoms with Crippen LogP contribution in [0, 0.1) is 0 Å². The molecule has 0 aliphatic carbocycles. The zero-order chi connectivity index (χ0) is 17.9. The molecule has 0 spiro atoms. The van der Waals surface area contributed by atoms with Gasteiger partial charge in [-0.05, 0) is 25.1 Å². The van der Waals surface area contributed by atoms with Crippen molar-refractivity contribution in [2.75, 3.05) is 18.0 Å². The van der Waals surface area contributed by atoms with Crippen LogP contribution in [0.25, 0.3) is 0 Å². The van der Waals surface area contributed by atoms with Gasteiger partial charge in [0.15, 0.2) is 0 Å². The molecule has 0 saturated heterocycles. The van der Waals surface area contributed by atoms with Gasteiger partial charge in [-0.25, -0.2) is 4.79 Å². The third-order valence-electron chi connectivity index (χ3n) is 2.80. The summed E-state index contributed by atoms with van der Waals surface area (Å²) in [4.78, 5) is 16.7. The molecule has 4 N–H and O–H groups in total. The summed E-state index contributed by atoms with van der Waals surface area (Å²) in [7, 11) is 1.43. The first kappa shape index (κ1) is 19.5. The van der Waals surface area contributed by atoms with Gasteiger partial charge in [0.05, 0.1) is 30.3 Å². The van der Waals surface area contributed by atoms with Crippen molar-refractivity contribution in [3.05, 3.63) is 59.0 Å². The molecule has 0 atom stereocenters. The highest BCUT2D eigenvalue weighted by Gasteiger charge is 2.11. The van der Waals surface area contributed by atoms with Crippen LogP contribution in [-0.2, 0) is 4.84 Å². The average molecular weight is 349 g/mol. The third kappa shape index (κ3) is 5.58. The molecule has 0 heterocycles. The number of hydrogen-bond donors (Lipinski definition) is 4. The van der Waals surface area contributed by atoms with Crippen LogP contribution in [0.4, 0.5) is 11.4 Å². The average Bonchev–Trinajstić information content (AvgIpc) is 2.57. The molecule has 1 rings (SSSR count). The maximum absolute atomic E-state index is 11.3. The van der Waals surface area contributed by atoms with E-state index in [1.54, 1.807) is 37.3 Å². The molecule has 1 aromatic rings. The Labute approximate surface area is 144 Å². The first-order chi connectivity index (χ1) is 11.6. The Morgan fingerprint density at radius 2 is 2.21 bits per heavy atom. The van der Waals surface area contributed by atoms with Crippen LogP contribution >= 0.6 is 12.0 Å². The Morgan fingerprint density at radius 3 is 2.75 bits per heavy atom. The molecule has 24 heavy (non-hydrogen) atoms. The van der Waals surface area contributed by atoms with Gasteiger partial charge in [0.1, 0.15) is 0 Å². The number of benzene rings is 1. The van der Waals surface area contributed by atoms with Gasteiger partial charge < -0.3 is 9.66 Å². The van der Waals surface area contributed by atoms with Crippen molar-refractivity contribution in [1.29, 1.82) is 0 Å². The van der Waals surface area contributed by atoms with Crippen molar-refractivity contribution in [3.8, 4) is 0 Å². The summed E-state index contributed by atoms with van der Waals surface area (Å²) in [6.45, 7) is 5.39. The molecule has 0 radical (unpaired) electrons. The number of carbonyl (C=O) groups is 1. The van der Waals surface area contributed by atoms with Crippen LogP contribution in [0.3, 0.4) is 0 Å². The molecular weight excluding hydrogens is 330 g/mol. The molecule has 0 aromatic heterocycles. The highest BCUT2D eigenvalue weighted by Crippen LogP contribution is 2.22. The molecule has 0 fully saturated rings. The van der Waals surface area contributed by atoms with Crippen molar-refractivity contribution < 1.29 is 19.3 Å². The van der Waals surface area contributed by atoms with Crippen LogP contribution in [0.5, 0.6) is 0 Å². The summed E-state index contributed by atoms with van der Waals surface area (Å²) in [5, 5.41) is 13.3. The first-order valence-corrected chi connectivity index (χ1v) is 7.60. The summed E-state index contributed by atoms with van der Waals surface area (Å²) < 4.78 is 9.23. The largest absolute Gasteiger partial charge is 0.478 e. The number of nitrogens with one attached hydrogen (secondary N) is 2. The molecular formula is C16H19N3O4S. The Hall–Kier alpha value is -2.55. The second kappa shape index (κ2) is 10.3. The summed E-state index contributed by atoms with van der Waals surface area (Å²) in [5.74, 6) is -1.10. The number of nitrogens with zero attached hydrogens (tertiary/aromatic N) is 1. The van der Waals surface area contributed by atoms with E-state index in [2.05, 4.69) is 22.6 Å². The van der Waals surface area contributed by atoms with Gasteiger partial charge in [0.25, 0.3) is 0 Å². The van der Waals surface area contributed by atoms with E-state index in [0.29, 0.717) is 33.9 Å². The predicted octanol–water partition coefficient (Wildman–Crippen LogP) is 3.98. The Balaban J connectivity index is 3.02. The highest BCUT2D eigenvalue weighted by atomic mass is 32.2. The first-order valence-electron chi connectivity index (χ1n) is 6.83. The van der Waals surface area contributed by atoms with E-state index in [4.69, 9.17) is 4.84 Å². The number of allylic oxidation sites excluding steroid dienone is 4. The highest BCUT2D eigenvalue weighted by molar-refractivity contribution is 7.98. The zero-order valence-electron chi connectivity index (χ0n) is 13.3. The SMILES string of the molecule is C=C/C=C(/C=N/Nc1ccc(NOC)cc1C(=O)O)C(=C/C)\SO. The van der Waals surface area contributed by atoms with Gasteiger partial charge in [0, 0.05) is 22.5 Å². The summed E-state index contributed by atoms with van der Waals surface area (Å²) >= 11 is 0.589. The molecule has 0 aliphatic heterocycles. The number of rotatable bonds is 9. The van der Waals surface area contributed by atoms with Crippen LogP contribution in [-0.4, -0.2) is 29.0 Å². The van der Waals surface area contributed by atoms with Crippen LogP contribution in [0.2, 0.25) is 0 Å². The Morgan fingerprint density at radius 1 is 1.46 bits per heavy atom. The van der Waals surface area contributed by atoms with E-state index in [1.165, 1.54) is 19.4 Å². The van der Waals surface area contributed by atoms with E-state index in [1.807, 2.05) is 0 Å². The van der Waals surface area contributed by atoms with Gasteiger partial charge in [-0.15, -0.1) is 0 Å². The van der Waals surface area contributed by atoms with Gasteiger partial charge >= 0.3 is 5.97 Å². The zero-order valence-corrected chi connectivity index (χ0v) is 14.1. The van der Waals surface area contributed by atoms with Crippen LogP contribution in [0.15, 0.2) is 58.6 Å². The molecule has 8 heteroatoms. The molecule has 0 bridgehead atoms. The molecule has 7 nitrogen and oxygen atoms in total. The minimum Gasteiger partial charge on any atom is -0.478 e. The van der Waals surface area contributed by atoms with Gasteiger partial charge in [-0.2, -0.15) is 5.10 Å². The number of anilines is 2. The van der Waals surface area contributed by atoms with E-state index in [-0.39, 0.29) is 5.56 Å². The molecule has 0 unspecified atom stereocenters. The fourth-order valence-corrected chi connectivity index (χ4v) is 2.09. The van der Waals surface area contributed by atoms with E-state index in [0.717, 1.165) is 0 Å². The van der Waals surface area contributed by atoms with E-state index in [9.17, 15) is 14.5 Å². The minimum absolute atomic E-state index is 0.0336. The van der Waals surface area contributed by atoms with Crippen molar-refractivity contribution in [2.24, 2.45) is 5.10 Å². The van der Waals surface area contributed by atoms with Gasteiger partial charge in [0.2, 0.25) is 0 Å². The second-order valence-corrected chi connectivity index (χ2v) is 4.97. The summed E-state index contributed by atoms with van der Waals surface area (Å²) in [6, 6.07) is 4.64. The molecule has 0 aliphatic rings. The van der Waals surface area contributed by atoms with Crippen LogP contribution < -0.4 is 10.9 Å². The van der Waals surface area contributed by atoms with Crippen molar-refractivity contribution in [1.82, 2.24) is 0 Å². The van der Waals surface area contributed by atoms with E-state index >= 15 is 0 Å². The number of hydrazone groups is 1. The quantitative estimate of drug-likeness (QED) is 0.231. The fourth-order valence-electron chi connectivity index (χ4n) is 1.76. The lowest BCUT2D eigenvalue weighted by molar-refractivity contribution is 0.0698. The van der Waals surface area contributed by atoms with Crippen LogP contribution in [0.1, 0.15) is 17.3 Å². The van der Waals surface area contributed by atoms with Gasteiger partial charge in [-0.3, -0.25) is 15.7 Å². The van der Waals surface area contributed by atoms with Crippen molar-refractivity contribution in [3.63, 3.8) is 0 Å². The predicted molar refractivity (Wildman–Crippen MR) is 98.4 cm³/mol. The lowest BCUT2D eigenvalue weighted by atomic mass is 10.1. The second-order valence-electron chi connectivity index (χ2n) is 4.34. The molecule has 128 valence electrons. The topological polar surface area (TPSA) is 103 Å². The maximum Gasteiger partial charge on any atom is 0.337 e. The minimum atomic E-state index is -1.10. The number of carboxylic acids is 1. The van der Waals surface area contributed by atoms with E-state index < -0.39 is 5.97 Å². The smallest absolute Gasteiger partial charge is 0.337 e. The normalized spacial score (nSPS) is 12.3. The van der Waals surface area contributed by atoms with Gasteiger partial charge in [-0.1, -0.05) is 24.8 Å². The van der Waals surface area contributed by atoms with Crippen molar-refractivity contribution in [2.45, 2.75) is 6.92 Å². The number of hydrogen-bond acceptors (Lipinski definition) is 7. The third-order valence-corrected chi connectivity index (χ3v) is 3.47. The fraction of sp³-hybridized carbons (Fsp3) is 0.125. The molecule has 1 aromatic carbocycles. The Kier molecular flexibility index (Phi) is 8.34. The lowest BCUT2D eigenvalue weighted by Gasteiger charge is -2.09. The lowest BCUT2D eigenvalue weighted by Crippen LogP contribution is -2.05. The number of aromatic carboxylic acids is 1. The molecule has 0 saturated carbocycles. The molecule has 0 amide bonds. The maximum atomic E-state index is 11.3. The summed E-state index contributed by atoms with van der Waals surface area (Å²) in [5.41, 5.74) is 6.73. The number of carboxylic acid groups (broad SMARTS) is 1. The summed E-state index contributed by atoms with van der Waals surface area (Å²) in [6.07, 6.45) is 6.43. The standard InChI is InChI=1S/C16H19N3O4S/c1-4-6-11(15(5-2)24-22)10-17-18-14-8-7-12(19-23-3)9-13(14)16(20)21/h4-10,18-19,22H,1H2,2-3H3,(H,20,21)/b11-6-,15-5+,17-10+. The monoisotopic (exact) mass is 349 g/mol.